The van der Waals surface area contributed by atoms with Crippen molar-refractivity contribution in [2.24, 2.45) is 0 Å². The van der Waals surface area contributed by atoms with Gasteiger partial charge in [-0.1, -0.05) is 18.2 Å². The minimum atomic E-state index is -3.41. The Bertz CT molecular complexity index is 707. The average Bonchev–Trinajstić information content (AvgIpc) is 2.97. The van der Waals surface area contributed by atoms with E-state index in [2.05, 4.69) is 10.8 Å². The van der Waals surface area contributed by atoms with Gasteiger partial charge < -0.3 is 4.74 Å². The van der Waals surface area contributed by atoms with Crippen molar-refractivity contribution in [3.8, 4) is 5.75 Å². The van der Waals surface area contributed by atoms with E-state index in [4.69, 9.17) is 4.74 Å². The largest absolute Gasteiger partial charge is 0.492 e. The van der Waals surface area contributed by atoms with E-state index in [0.29, 0.717) is 10.8 Å². The minimum absolute atomic E-state index is 0.243. The molecule has 0 spiro atoms. The second-order valence-electron chi connectivity index (χ2n) is 4.83. The van der Waals surface area contributed by atoms with E-state index >= 15 is 0 Å². The lowest BCUT2D eigenvalue weighted by Gasteiger charge is -2.14. The van der Waals surface area contributed by atoms with Gasteiger partial charge in [-0.2, -0.15) is 0 Å². The Hall–Kier alpha value is -1.37. The van der Waals surface area contributed by atoms with E-state index in [-0.39, 0.29) is 6.54 Å². The van der Waals surface area contributed by atoms with Gasteiger partial charge in [0.25, 0.3) is 0 Å². The highest BCUT2D eigenvalue weighted by Gasteiger charge is 2.14. The third kappa shape index (κ3) is 3.84. The van der Waals surface area contributed by atoms with Gasteiger partial charge in [-0.25, -0.2) is 13.1 Å². The Morgan fingerprint density at radius 3 is 2.52 bits per heavy atom. The molecule has 0 saturated heterocycles. The summed E-state index contributed by atoms with van der Waals surface area (Å²) in [7, 11) is -3.41. The molecule has 6 heteroatoms. The molecule has 0 bridgehead atoms. The van der Waals surface area contributed by atoms with Gasteiger partial charge in [-0.05, 0) is 48.9 Å². The van der Waals surface area contributed by atoms with Crippen molar-refractivity contribution in [1.29, 1.82) is 0 Å². The molecule has 1 aromatic heterocycles. The zero-order valence-electron chi connectivity index (χ0n) is 12.3. The van der Waals surface area contributed by atoms with Crippen LogP contribution in [0.25, 0.3) is 0 Å². The number of ether oxygens (including phenoxy) is 1. The van der Waals surface area contributed by atoms with Gasteiger partial charge in [-0.3, -0.25) is 0 Å². The molecule has 0 amide bonds. The van der Waals surface area contributed by atoms with E-state index < -0.39 is 10.0 Å². The number of rotatable bonds is 6. The van der Waals surface area contributed by atoms with Crippen LogP contribution in [0, 0.1) is 20.8 Å². The van der Waals surface area contributed by atoms with E-state index in [1.807, 2.05) is 26.8 Å². The maximum Gasteiger partial charge on any atom is 0.250 e. The van der Waals surface area contributed by atoms with Crippen LogP contribution in [0.15, 0.2) is 33.9 Å². The van der Waals surface area contributed by atoms with E-state index in [1.54, 1.807) is 17.5 Å². The molecule has 0 aliphatic carbocycles. The molecule has 1 aromatic carbocycles. The summed E-state index contributed by atoms with van der Waals surface area (Å²) in [4.78, 5) is 0. The summed E-state index contributed by atoms with van der Waals surface area (Å²) in [6, 6.07) is 7.36. The quantitative estimate of drug-likeness (QED) is 0.831. The van der Waals surface area contributed by atoms with E-state index in [1.165, 1.54) is 11.3 Å². The molecule has 21 heavy (non-hydrogen) atoms. The van der Waals surface area contributed by atoms with Gasteiger partial charge in [0.1, 0.15) is 16.6 Å². The van der Waals surface area contributed by atoms with Gasteiger partial charge in [0.05, 0.1) is 0 Å². The first kappa shape index (κ1) is 16.0. The molecule has 0 fully saturated rings. The number of thiophene rings is 1. The predicted octanol–water partition coefficient (Wildman–Crippen LogP) is 3.03. The first-order valence-electron chi connectivity index (χ1n) is 6.64. The van der Waals surface area contributed by atoms with Crippen LogP contribution in [0.4, 0.5) is 0 Å². The number of sulfonamides is 1. The van der Waals surface area contributed by atoms with Crippen molar-refractivity contribution in [3.63, 3.8) is 0 Å². The molecule has 0 radical (unpaired) electrons. The second kappa shape index (κ2) is 6.60. The molecule has 0 saturated carbocycles. The Morgan fingerprint density at radius 1 is 1.14 bits per heavy atom. The molecule has 4 nitrogen and oxygen atoms in total. The monoisotopic (exact) mass is 325 g/mol. The maximum absolute atomic E-state index is 11.9. The smallest absolute Gasteiger partial charge is 0.250 e. The van der Waals surface area contributed by atoms with Crippen molar-refractivity contribution < 1.29 is 13.2 Å². The third-order valence-corrected chi connectivity index (χ3v) is 6.13. The summed E-state index contributed by atoms with van der Waals surface area (Å²) in [5.41, 5.74) is 3.31. The van der Waals surface area contributed by atoms with Crippen molar-refractivity contribution >= 4 is 21.4 Å². The summed E-state index contributed by atoms with van der Waals surface area (Å²) in [5, 5.41) is 1.74. The van der Waals surface area contributed by atoms with Crippen LogP contribution in [0.3, 0.4) is 0 Å². The lowest BCUT2D eigenvalue weighted by atomic mass is 10.1. The Labute approximate surface area is 129 Å². The normalized spacial score (nSPS) is 11.6. The molecular formula is C15H19NO3S2. The second-order valence-corrected chi connectivity index (χ2v) is 7.77. The summed E-state index contributed by atoms with van der Waals surface area (Å²) < 4.78 is 32.5. The molecule has 0 aliphatic rings. The molecule has 2 rings (SSSR count). The highest BCUT2D eigenvalue weighted by atomic mass is 32.2. The summed E-state index contributed by atoms with van der Waals surface area (Å²) in [6.07, 6.45) is 0. The zero-order chi connectivity index (χ0) is 15.5. The molecule has 0 aliphatic heterocycles. The van der Waals surface area contributed by atoms with Gasteiger partial charge in [0.2, 0.25) is 10.0 Å². The highest BCUT2D eigenvalue weighted by Crippen LogP contribution is 2.25. The van der Waals surface area contributed by atoms with E-state index in [9.17, 15) is 8.42 Å². The summed E-state index contributed by atoms with van der Waals surface area (Å²) >= 11 is 1.20. The molecular weight excluding hydrogens is 306 g/mol. The van der Waals surface area contributed by atoms with Crippen molar-refractivity contribution in [2.45, 2.75) is 25.0 Å². The molecule has 0 unspecified atom stereocenters. The van der Waals surface area contributed by atoms with Gasteiger partial charge >= 0.3 is 0 Å². The fourth-order valence-corrected chi connectivity index (χ4v) is 4.01. The fraction of sp³-hybridized carbons (Fsp3) is 0.333. The Kier molecular flexibility index (Phi) is 5.03. The van der Waals surface area contributed by atoms with Crippen LogP contribution in [0.5, 0.6) is 5.75 Å². The number of benzene rings is 1. The lowest BCUT2D eigenvalue weighted by Crippen LogP contribution is -2.27. The van der Waals surface area contributed by atoms with Crippen LogP contribution in [0.1, 0.15) is 16.7 Å². The molecule has 114 valence electrons. The molecule has 1 heterocycles. The third-order valence-electron chi connectivity index (χ3n) is 3.27. The van der Waals surface area contributed by atoms with Crippen LogP contribution < -0.4 is 9.46 Å². The molecule has 0 atom stereocenters. The highest BCUT2D eigenvalue weighted by molar-refractivity contribution is 7.91. The van der Waals surface area contributed by atoms with Gasteiger partial charge in [0, 0.05) is 6.54 Å². The fourth-order valence-electron chi connectivity index (χ4n) is 1.96. The zero-order valence-corrected chi connectivity index (χ0v) is 14.0. The lowest BCUT2D eigenvalue weighted by molar-refractivity contribution is 0.318. The van der Waals surface area contributed by atoms with Crippen LogP contribution in [-0.2, 0) is 10.0 Å². The van der Waals surface area contributed by atoms with Crippen LogP contribution in [0.2, 0.25) is 0 Å². The number of nitrogens with one attached hydrogen (secondary N) is 1. The SMILES string of the molecule is Cc1ccc(C)c(OCCNS(=O)(=O)c2cccs2)c1C. The van der Waals surface area contributed by atoms with Crippen LogP contribution >= 0.6 is 11.3 Å². The van der Waals surface area contributed by atoms with Crippen molar-refractivity contribution in [2.75, 3.05) is 13.2 Å². The van der Waals surface area contributed by atoms with Crippen molar-refractivity contribution in [3.05, 3.63) is 46.3 Å². The van der Waals surface area contributed by atoms with Crippen molar-refractivity contribution in [1.82, 2.24) is 4.72 Å². The maximum atomic E-state index is 11.9. The average molecular weight is 325 g/mol. The number of hydrogen-bond acceptors (Lipinski definition) is 4. The summed E-state index contributed by atoms with van der Waals surface area (Å²) in [5.74, 6) is 0.838. The molecule has 2 aromatic rings. The predicted molar refractivity (Wildman–Crippen MR) is 85.7 cm³/mol. The topological polar surface area (TPSA) is 55.4 Å². The first-order valence-corrected chi connectivity index (χ1v) is 9.01. The van der Waals surface area contributed by atoms with Crippen LogP contribution in [-0.4, -0.2) is 21.6 Å². The Morgan fingerprint density at radius 2 is 1.86 bits per heavy atom. The summed E-state index contributed by atoms with van der Waals surface area (Å²) in [6.45, 7) is 6.56. The standard InChI is InChI=1S/C15H19NO3S2/c1-11-6-7-12(2)15(13(11)3)19-9-8-16-21(17,18)14-5-4-10-20-14/h4-7,10,16H,8-9H2,1-3H3. The Balaban J connectivity index is 1.93. The van der Waals surface area contributed by atoms with Gasteiger partial charge in [-0.15, -0.1) is 11.3 Å². The number of hydrogen-bond donors (Lipinski definition) is 1. The number of aryl methyl sites for hydroxylation is 2. The minimum Gasteiger partial charge on any atom is -0.492 e. The van der Waals surface area contributed by atoms with Gasteiger partial charge in [0.15, 0.2) is 0 Å². The van der Waals surface area contributed by atoms with E-state index in [0.717, 1.165) is 22.4 Å². The molecule has 1 N–H and O–H groups in total. The first-order chi connectivity index (χ1) is 9.92.